The van der Waals surface area contributed by atoms with E-state index in [2.05, 4.69) is 11.4 Å². The van der Waals surface area contributed by atoms with Gasteiger partial charge in [-0.2, -0.15) is 5.10 Å². The lowest BCUT2D eigenvalue weighted by atomic mass is 9.86. The molecule has 1 N–H and O–H groups in total. The Morgan fingerprint density at radius 1 is 1.11 bits per heavy atom. The minimum absolute atomic E-state index is 0.223. The van der Waals surface area contributed by atoms with Crippen LogP contribution < -0.4 is 10.8 Å². The van der Waals surface area contributed by atoms with Crippen LogP contribution in [-0.2, 0) is 9.53 Å². The molecule has 2 fully saturated rings. The molecule has 2 atom stereocenters. The van der Waals surface area contributed by atoms with Gasteiger partial charge < -0.3 is 15.0 Å². The first-order valence-corrected chi connectivity index (χ1v) is 13.1. The maximum atomic E-state index is 14.1. The Morgan fingerprint density at radius 3 is 2.57 bits per heavy atom. The highest BCUT2D eigenvalue weighted by Crippen LogP contribution is 2.40. The van der Waals surface area contributed by atoms with Gasteiger partial charge in [-0.15, -0.1) is 0 Å². The van der Waals surface area contributed by atoms with Gasteiger partial charge in [0.2, 0.25) is 5.91 Å². The van der Waals surface area contributed by atoms with Crippen LogP contribution in [0, 0.1) is 6.92 Å². The van der Waals surface area contributed by atoms with Crippen LogP contribution >= 0.6 is 0 Å². The SMILES string of the molecule is [B]c1ccccc1C(NC(=O)OC(C)(C)C)C(=O)N1CCCC[C@H]1c1cc2nc(C3CC3)cc(C)n2n1. The van der Waals surface area contributed by atoms with E-state index >= 15 is 0 Å². The molecular weight excluding hydrogens is 465 g/mol. The van der Waals surface area contributed by atoms with E-state index in [0.29, 0.717) is 23.5 Å². The Morgan fingerprint density at radius 2 is 1.86 bits per heavy atom. The lowest BCUT2D eigenvalue weighted by Crippen LogP contribution is -2.48. The number of alkyl carbamates (subject to hydrolysis) is 1. The summed E-state index contributed by atoms with van der Waals surface area (Å²) in [6, 6.07) is 10.0. The highest BCUT2D eigenvalue weighted by molar-refractivity contribution is 6.33. The van der Waals surface area contributed by atoms with Gasteiger partial charge in [0.25, 0.3) is 0 Å². The number of likely N-dealkylation sites (tertiary alicyclic amines) is 1. The lowest BCUT2D eigenvalue weighted by molar-refractivity contribution is -0.137. The van der Waals surface area contributed by atoms with Crippen molar-refractivity contribution in [3.05, 3.63) is 59.0 Å². The van der Waals surface area contributed by atoms with Crippen molar-refractivity contribution in [3.8, 4) is 0 Å². The van der Waals surface area contributed by atoms with Crippen LogP contribution in [0.4, 0.5) is 4.79 Å². The standard InChI is InChI=1S/C28H34BN5O3/c1-17-15-21(18-12-13-18)30-24-16-22(32-34(17)24)23-11-7-8-14-33(23)26(35)25(19-9-5-6-10-20(19)29)31-27(36)37-28(2,3)4/h5-6,9-10,15-16,18,23,25H,7-8,11-14H2,1-4H3,(H,31,36)/t23-,25?/m0/s1. The van der Waals surface area contributed by atoms with Crippen LogP contribution in [-0.4, -0.2) is 51.5 Å². The first-order chi connectivity index (χ1) is 17.6. The van der Waals surface area contributed by atoms with Crippen molar-refractivity contribution in [2.24, 2.45) is 0 Å². The highest BCUT2D eigenvalue weighted by atomic mass is 16.6. The molecule has 1 aromatic carbocycles. The summed E-state index contributed by atoms with van der Waals surface area (Å²) in [5.74, 6) is 0.319. The van der Waals surface area contributed by atoms with Gasteiger partial charge in [-0.05, 0) is 71.4 Å². The van der Waals surface area contributed by atoms with Gasteiger partial charge in [0.15, 0.2) is 5.65 Å². The molecule has 0 spiro atoms. The Labute approximate surface area is 219 Å². The number of piperidine rings is 1. The van der Waals surface area contributed by atoms with Crippen molar-refractivity contribution in [1.82, 2.24) is 24.8 Å². The van der Waals surface area contributed by atoms with E-state index < -0.39 is 17.7 Å². The minimum atomic E-state index is -0.977. The van der Waals surface area contributed by atoms with E-state index in [1.54, 1.807) is 39.0 Å². The molecule has 2 aromatic heterocycles. The third kappa shape index (κ3) is 5.50. The van der Waals surface area contributed by atoms with Gasteiger partial charge in [-0.25, -0.2) is 14.3 Å². The summed E-state index contributed by atoms with van der Waals surface area (Å²) in [7, 11) is 6.26. The molecule has 2 radical (unpaired) electrons. The molecule has 1 unspecified atom stereocenters. The van der Waals surface area contributed by atoms with E-state index in [9.17, 15) is 9.59 Å². The summed E-state index contributed by atoms with van der Waals surface area (Å²) in [6.07, 6.45) is 4.35. The second-order valence-electron chi connectivity index (χ2n) is 11.2. The van der Waals surface area contributed by atoms with Crippen molar-refractivity contribution in [1.29, 1.82) is 0 Å². The van der Waals surface area contributed by atoms with Gasteiger partial charge >= 0.3 is 6.09 Å². The molecule has 192 valence electrons. The third-order valence-corrected chi connectivity index (χ3v) is 6.98. The molecule has 3 aromatic rings. The van der Waals surface area contributed by atoms with Crippen molar-refractivity contribution in [2.75, 3.05) is 6.54 Å². The number of aryl methyl sites for hydroxylation is 1. The zero-order valence-corrected chi connectivity index (χ0v) is 22.0. The van der Waals surface area contributed by atoms with Crippen LogP contribution in [0.25, 0.3) is 5.65 Å². The summed E-state index contributed by atoms with van der Waals surface area (Å²) in [4.78, 5) is 33.6. The lowest BCUT2D eigenvalue weighted by Gasteiger charge is -2.37. The number of fused-ring (bicyclic) bond motifs is 1. The summed E-state index contributed by atoms with van der Waals surface area (Å²) >= 11 is 0. The number of carbonyl (C=O) groups is 2. The Hall–Kier alpha value is -3.36. The number of hydrogen-bond acceptors (Lipinski definition) is 5. The fourth-order valence-electron chi connectivity index (χ4n) is 5.06. The molecule has 1 saturated heterocycles. The fourth-order valence-corrected chi connectivity index (χ4v) is 5.06. The number of nitrogens with one attached hydrogen (secondary N) is 1. The predicted octanol–water partition coefficient (Wildman–Crippen LogP) is 4.03. The number of rotatable bonds is 5. The molecule has 5 rings (SSSR count). The number of ether oxygens (including phenoxy) is 1. The zero-order chi connectivity index (χ0) is 26.3. The highest BCUT2D eigenvalue weighted by Gasteiger charge is 2.37. The smallest absolute Gasteiger partial charge is 0.408 e. The number of nitrogens with zero attached hydrogens (tertiary/aromatic N) is 4. The average molecular weight is 499 g/mol. The van der Waals surface area contributed by atoms with Crippen LogP contribution in [0.3, 0.4) is 0 Å². The molecule has 3 heterocycles. The Kier molecular flexibility index (Phi) is 6.73. The third-order valence-electron chi connectivity index (χ3n) is 6.98. The summed E-state index contributed by atoms with van der Waals surface area (Å²) in [5, 5.41) is 7.66. The molecule has 2 aliphatic rings. The van der Waals surface area contributed by atoms with Gasteiger partial charge in [0.05, 0.1) is 11.7 Å². The number of aromatic nitrogens is 3. The second-order valence-corrected chi connectivity index (χ2v) is 11.2. The minimum Gasteiger partial charge on any atom is -0.444 e. The molecule has 2 amide bonds. The molecule has 1 aliphatic carbocycles. The Bertz CT molecular complexity index is 1330. The average Bonchev–Trinajstić information content (AvgIpc) is 3.60. The molecule has 37 heavy (non-hydrogen) atoms. The molecule has 9 heteroatoms. The molecular formula is C28H34BN5O3. The second kappa shape index (κ2) is 9.84. The molecule has 0 bridgehead atoms. The maximum absolute atomic E-state index is 14.1. The number of benzene rings is 1. The van der Waals surface area contributed by atoms with Gasteiger partial charge in [-0.1, -0.05) is 29.7 Å². The summed E-state index contributed by atoms with van der Waals surface area (Å²) < 4.78 is 7.35. The van der Waals surface area contributed by atoms with Crippen molar-refractivity contribution in [2.45, 2.75) is 83.4 Å². The molecule has 1 saturated carbocycles. The van der Waals surface area contributed by atoms with Crippen LogP contribution in [0.2, 0.25) is 0 Å². The fraction of sp³-hybridized carbons (Fsp3) is 0.500. The topological polar surface area (TPSA) is 88.8 Å². The van der Waals surface area contributed by atoms with Crippen LogP contribution in [0.5, 0.6) is 0 Å². The van der Waals surface area contributed by atoms with Crippen molar-refractivity contribution >= 4 is 31.0 Å². The molecule has 1 aliphatic heterocycles. The quantitative estimate of drug-likeness (QED) is 0.536. The maximum Gasteiger partial charge on any atom is 0.408 e. The summed E-state index contributed by atoms with van der Waals surface area (Å²) in [5.41, 5.74) is 4.06. The largest absolute Gasteiger partial charge is 0.444 e. The van der Waals surface area contributed by atoms with Crippen molar-refractivity contribution in [3.63, 3.8) is 0 Å². The van der Waals surface area contributed by atoms with Gasteiger partial charge in [0, 0.05) is 29.9 Å². The zero-order valence-electron chi connectivity index (χ0n) is 22.0. The Balaban J connectivity index is 1.47. The number of hydrogen-bond donors (Lipinski definition) is 1. The van der Waals surface area contributed by atoms with E-state index in [-0.39, 0.29) is 11.9 Å². The monoisotopic (exact) mass is 499 g/mol. The van der Waals surface area contributed by atoms with E-state index in [1.165, 1.54) is 12.8 Å². The summed E-state index contributed by atoms with van der Waals surface area (Å²) in [6.45, 7) is 7.97. The first kappa shape index (κ1) is 25.3. The van der Waals surface area contributed by atoms with E-state index in [1.807, 2.05) is 28.5 Å². The van der Waals surface area contributed by atoms with Gasteiger partial charge in [-0.3, -0.25) is 4.79 Å². The number of amides is 2. The predicted molar refractivity (Wildman–Crippen MR) is 142 cm³/mol. The normalized spacial score (nSPS) is 19.0. The van der Waals surface area contributed by atoms with Crippen LogP contribution in [0.1, 0.15) is 93.5 Å². The van der Waals surface area contributed by atoms with Crippen molar-refractivity contribution < 1.29 is 14.3 Å². The van der Waals surface area contributed by atoms with E-state index in [0.717, 1.165) is 42.0 Å². The first-order valence-electron chi connectivity index (χ1n) is 13.1. The molecule has 8 nitrogen and oxygen atoms in total. The van der Waals surface area contributed by atoms with Crippen LogP contribution in [0.15, 0.2) is 36.4 Å². The number of carbonyl (C=O) groups excluding carboxylic acids is 2. The van der Waals surface area contributed by atoms with Gasteiger partial charge in [0.1, 0.15) is 19.5 Å². The van der Waals surface area contributed by atoms with E-state index in [4.69, 9.17) is 22.7 Å².